The zero-order valence-electron chi connectivity index (χ0n) is 13.1. The molecule has 4 nitrogen and oxygen atoms in total. The molecule has 0 N–H and O–H groups in total. The molecule has 0 fully saturated rings. The maximum atomic E-state index is 13.1. The van der Waals surface area contributed by atoms with Crippen LogP contribution in [0.3, 0.4) is 0 Å². The van der Waals surface area contributed by atoms with Gasteiger partial charge in [-0.05, 0) is 36.9 Å². The molecule has 2 aromatic heterocycles. The number of rotatable bonds is 3. The van der Waals surface area contributed by atoms with Gasteiger partial charge >= 0.3 is 0 Å². The molecular weight excluding hydrogens is 362 g/mol. The first kappa shape index (κ1) is 16.2. The van der Waals surface area contributed by atoms with Crippen molar-refractivity contribution in [2.75, 3.05) is 0 Å². The summed E-state index contributed by atoms with van der Waals surface area (Å²) >= 11 is 2.96. The van der Waals surface area contributed by atoms with Gasteiger partial charge in [-0.1, -0.05) is 30.3 Å². The molecule has 3 aromatic rings. The second-order valence-corrected chi connectivity index (χ2v) is 7.66. The normalized spacial score (nSPS) is 15.5. The fourth-order valence-corrected chi connectivity index (χ4v) is 4.26. The summed E-state index contributed by atoms with van der Waals surface area (Å²) in [5.74, 6) is -0.443. The first-order valence-corrected chi connectivity index (χ1v) is 9.09. The van der Waals surface area contributed by atoms with Crippen molar-refractivity contribution in [1.29, 1.82) is 0 Å². The highest BCUT2D eigenvalue weighted by molar-refractivity contribution is 8.04. The molecule has 0 atom stereocenters. The predicted octanol–water partition coefficient (Wildman–Crippen LogP) is 4.98. The molecule has 0 amide bonds. The van der Waals surface area contributed by atoms with Crippen LogP contribution >= 0.6 is 23.1 Å². The number of thiophene rings is 1. The van der Waals surface area contributed by atoms with E-state index in [0.717, 1.165) is 20.0 Å². The zero-order valence-corrected chi connectivity index (χ0v) is 14.7. The summed E-state index contributed by atoms with van der Waals surface area (Å²) in [5.41, 5.74) is 1.49. The smallest absolute Gasteiger partial charge is 0.201 e. The number of alkyl halides is 2. The van der Waals surface area contributed by atoms with Crippen molar-refractivity contribution in [3.8, 4) is 0 Å². The minimum atomic E-state index is -2.73. The number of thioether (sulfide) groups is 1. The van der Waals surface area contributed by atoms with Crippen LogP contribution in [0.25, 0.3) is 6.08 Å². The standard InChI is InChI=1S/C17H12F2N4S2/c1-10-7-8-12(24-10)9-13-14(11-5-3-2-4-6-11)22-23-16(15(18)19)20-21-17(23)25-13/h2-9,15H,1H3. The molecule has 126 valence electrons. The Morgan fingerprint density at radius 1 is 1.08 bits per heavy atom. The van der Waals surface area contributed by atoms with Crippen molar-refractivity contribution in [3.05, 3.63) is 68.5 Å². The van der Waals surface area contributed by atoms with Crippen LogP contribution < -0.4 is 0 Å². The van der Waals surface area contributed by atoms with Crippen LogP contribution in [-0.4, -0.2) is 20.6 Å². The fraction of sp³-hybridized carbons (Fsp3) is 0.118. The number of aromatic nitrogens is 3. The molecule has 0 bridgehead atoms. The number of benzene rings is 1. The van der Waals surface area contributed by atoms with Crippen molar-refractivity contribution in [2.45, 2.75) is 18.5 Å². The van der Waals surface area contributed by atoms with E-state index in [9.17, 15) is 8.78 Å². The highest BCUT2D eigenvalue weighted by atomic mass is 32.2. The molecule has 1 aliphatic heterocycles. The van der Waals surface area contributed by atoms with Crippen LogP contribution in [0.2, 0.25) is 0 Å². The average Bonchev–Trinajstić information content (AvgIpc) is 3.20. The second-order valence-electron chi connectivity index (χ2n) is 5.33. The summed E-state index contributed by atoms with van der Waals surface area (Å²) in [5, 5.41) is 12.2. The third-order valence-corrected chi connectivity index (χ3v) is 5.46. The highest BCUT2D eigenvalue weighted by Crippen LogP contribution is 2.37. The van der Waals surface area contributed by atoms with Gasteiger partial charge in [0.05, 0.1) is 0 Å². The van der Waals surface area contributed by atoms with Crippen LogP contribution in [0, 0.1) is 6.92 Å². The Bertz CT molecular complexity index is 974. The summed E-state index contributed by atoms with van der Waals surface area (Å²) in [6.45, 7) is 2.04. The molecule has 3 heterocycles. The van der Waals surface area contributed by atoms with Crippen molar-refractivity contribution >= 4 is 34.9 Å². The lowest BCUT2D eigenvalue weighted by atomic mass is 10.1. The molecule has 25 heavy (non-hydrogen) atoms. The van der Waals surface area contributed by atoms with Gasteiger partial charge < -0.3 is 0 Å². The van der Waals surface area contributed by atoms with E-state index in [-0.39, 0.29) is 0 Å². The van der Waals surface area contributed by atoms with Crippen molar-refractivity contribution < 1.29 is 8.78 Å². The van der Waals surface area contributed by atoms with Gasteiger partial charge in [-0.2, -0.15) is 9.78 Å². The van der Waals surface area contributed by atoms with E-state index >= 15 is 0 Å². The molecule has 0 saturated carbocycles. The Labute approximate surface area is 150 Å². The van der Waals surface area contributed by atoms with Crippen molar-refractivity contribution in [2.24, 2.45) is 5.10 Å². The molecule has 0 saturated heterocycles. The largest absolute Gasteiger partial charge is 0.299 e. The molecule has 0 spiro atoms. The lowest BCUT2D eigenvalue weighted by Crippen LogP contribution is -2.13. The van der Waals surface area contributed by atoms with E-state index < -0.39 is 12.2 Å². The maximum absolute atomic E-state index is 13.1. The molecule has 4 rings (SSSR count). The van der Waals surface area contributed by atoms with E-state index in [1.165, 1.54) is 16.6 Å². The number of nitrogens with zero attached hydrogens (tertiary/aromatic N) is 4. The number of hydrogen-bond acceptors (Lipinski definition) is 5. The van der Waals surface area contributed by atoms with Crippen molar-refractivity contribution in [1.82, 2.24) is 14.9 Å². The van der Waals surface area contributed by atoms with Crippen molar-refractivity contribution in [3.63, 3.8) is 0 Å². The van der Waals surface area contributed by atoms with Crippen LogP contribution in [0.4, 0.5) is 8.78 Å². The molecular formula is C17H12F2N4S2. The predicted molar refractivity (Wildman–Crippen MR) is 96.2 cm³/mol. The van der Waals surface area contributed by atoms with Gasteiger partial charge in [0.25, 0.3) is 6.43 Å². The maximum Gasteiger partial charge on any atom is 0.299 e. The molecule has 0 radical (unpaired) electrons. The van der Waals surface area contributed by atoms with Crippen LogP contribution in [0.15, 0.2) is 57.6 Å². The minimum Gasteiger partial charge on any atom is -0.201 e. The number of allylic oxidation sites excluding steroid dienone is 1. The summed E-state index contributed by atoms with van der Waals surface area (Å²) < 4.78 is 27.4. The van der Waals surface area contributed by atoms with E-state index in [4.69, 9.17) is 0 Å². The number of fused-ring (bicyclic) bond motifs is 1. The lowest BCUT2D eigenvalue weighted by Gasteiger charge is -2.16. The van der Waals surface area contributed by atoms with Gasteiger partial charge in [0.2, 0.25) is 11.0 Å². The Balaban J connectivity index is 1.86. The molecule has 1 aliphatic rings. The second kappa shape index (κ2) is 6.53. The van der Waals surface area contributed by atoms with Gasteiger partial charge in [-0.15, -0.1) is 21.5 Å². The zero-order chi connectivity index (χ0) is 17.4. The van der Waals surface area contributed by atoms with E-state index in [1.54, 1.807) is 11.3 Å². The fourth-order valence-electron chi connectivity index (χ4n) is 2.42. The Hall–Kier alpha value is -2.32. The highest BCUT2D eigenvalue weighted by Gasteiger charge is 2.27. The van der Waals surface area contributed by atoms with Gasteiger partial charge in [0.1, 0.15) is 5.71 Å². The van der Waals surface area contributed by atoms with Gasteiger partial charge in [0.15, 0.2) is 0 Å². The average molecular weight is 374 g/mol. The Kier molecular flexibility index (Phi) is 4.22. The first-order valence-electron chi connectivity index (χ1n) is 7.46. The quantitative estimate of drug-likeness (QED) is 0.649. The SMILES string of the molecule is Cc1ccc(C=C2Sc3nnc(C(F)F)n3N=C2c2ccccc2)s1. The van der Waals surface area contributed by atoms with E-state index in [2.05, 4.69) is 15.3 Å². The summed E-state index contributed by atoms with van der Waals surface area (Å²) in [4.78, 5) is 3.13. The van der Waals surface area contributed by atoms with E-state index in [0.29, 0.717) is 10.9 Å². The van der Waals surface area contributed by atoms with E-state index in [1.807, 2.05) is 55.5 Å². The first-order chi connectivity index (χ1) is 12.1. The third-order valence-electron chi connectivity index (χ3n) is 3.55. The Morgan fingerprint density at radius 3 is 2.56 bits per heavy atom. The topological polar surface area (TPSA) is 43.1 Å². The summed E-state index contributed by atoms with van der Waals surface area (Å²) in [7, 11) is 0. The lowest BCUT2D eigenvalue weighted by molar-refractivity contribution is 0.135. The Morgan fingerprint density at radius 2 is 1.88 bits per heavy atom. The van der Waals surface area contributed by atoms with Gasteiger partial charge in [0, 0.05) is 20.2 Å². The number of hydrogen-bond donors (Lipinski definition) is 0. The van der Waals surface area contributed by atoms with Gasteiger partial charge in [-0.3, -0.25) is 0 Å². The van der Waals surface area contributed by atoms with Crippen LogP contribution in [-0.2, 0) is 0 Å². The monoisotopic (exact) mass is 374 g/mol. The summed E-state index contributed by atoms with van der Waals surface area (Å²) in [6, 6.07) is 13.6. The summed E-state index contributed by atoms with van der Waals surface area (Å²) in [6.07, 6.45) is -0.720. The van der Waals surface area contributed by atoms with Gasteiger partial charge in [-0.25, -0.2) is 8.78 Å². The molecule has 1 aromatic carbocycles. The number of aryl methyl sites for hydroxylation is 1. The molecule has 0 unspecified atom stereocenters. The minimum absolute atomic E-state index is 0.342. The van der Waals surface area contributed by atoms with Crippen LogP contribution in [0.1, 0.15) is 27.6 Å². The molecule has 8 heteroatoms. The number of halogens is 2. The third kappa shape index (κ3) is 3.14. The van der Waals surface area contributed by atoms with Crippen LogP contribution in [0.5, 0.6) is 0 Å². The molecule has 0 aliphatic carbocycles.